The van der Waals surface area contributed by atoms with Crippen molar-refractivity contribution in [2.45, 2.75) is 6.04 Å². The van der Waals surface area contributed by atoms with Gasteiger partial charge in [-0.3, -0.25) is 0 Å². The molecule has 0 saturated heterocycles. The van der Waals surface area contributed by atoms with Gasteiger partial charge in [0.1, 0.15) is 5.75 Å². The van der Waals surface area contributed by atoms with Crippen LogP contribution in [-0.4, -0.2) is 14.2 Å². The van der Waals surface area contributed by atoms with Crippen molar-refractivity contribution in [1.82, 2.24) is 5.32 Å². The molecule has 1 unspecified atom stereocenters. The Morgan fingerprint density at radius 1 is 1.14 bits per heavy atom. The molecule has 1 N–H and O–H groups in total. The van der Waals surface area contributed by atoms with Crippen LogP contribution in [0.1, 0.15) is 17.2 Å². The predicted octanol–water partition coefficient (Wildman–Crippen LogP) is 4.98. The van der Waals surface area contributed by atoms with Crippen LogP contribution in [0, 0.1) is 0 Å². The molecular weight excluding hydrogens is 346 g/mol. The smallest absolute Gasteiger partial charge is 0.126 e. The normalized spacial score (nSPS) is 12.5. The van der Waals surface area contributed by atoms with Gasteiger partial charge in [0.05, 0.1) is 16.9 Å². The van der Waals surface area contributed by atoms with Crippen molar-refractivity contribution in [2.24, 2.45) is 0 Å². The molecule has 2 nitrogen and oxygen atoms in total. The first-order valence-corrected chi connectivity index (χ1v) is 8.38. The number of hydrogen-bond acceptors (Lipinski definition) is 3. The highest BCUT2D eigenvalue weighted by atomic mass is 79.9. The van der Waals surface area contributed by atoms with Crippen LogP contribution in [-0.2, 0) is 0 Å². The van der Waals surface area contributed by atoms with Crippen molar-refractivity contribution >= 4 is 38.0 Å². The van der Waals surface area contributed by atoms with Gasteiger partial charge in [-0.25, -0.2) is 0 Å². The van der Waals surface area contributed by atoms with E-state index in [1.165, 1.54) is 16.5 Å². The third kappa shape index (κ3) is 2.71. The van der Waals surface area contributed by atoms with E-state index in [1.54, 1.807) is 18.4 Å². The number of thiophene rings is 1. The van der Waals surface area contributed by atoms with Crippen molar-refractivity contribution in [3.63, 3.8) is 0 Å². The standard InChI is InChI=1S/C17H16BrNOS/c1-19-17(11-9-16(18)21-10-11)14-7-8-15(20-2)13-6-4-3-5-12(13)14/h3-10,17,19H,1-2H3. The molecule has 0 radical (unpaired) electrons. The van der Waals surface area contributed by atoms with E-state index in [-0.39, 0.29) is 6.04 Å². The minimum atomic E-state index is 0.170. The molecule has 1 heterocycles. The predicted molar refractivity (Wildman–Crippen MR) is 93.4 cm³/mol. The summed E-state index contributed by atoms with van der Waals surface area (Å²) < 4.78 is 6.63. The van der Waals surface area contributed by atoms with E-state index in [4.69, 9.17) is 4.74 Å². The highest BCUT2D eigenvalue weighted by molar-refractivity contribution is 9.11. The summed E-state index contributed by atoms with van der Waals surface area (Å²) in [6.45, 7) is 0. The largest absolute Gasteiger partial charge is 0.496 e. The second-order valence-corrected chi connectivity index (χ2v) is 7.10. The molecule has 0 spiro atoms. The lowest BCUT2D eigenvalue weighted by atomic mass is 9.95. The van der Waals surface area contributed by atoms with Crippen LogP contribution in [0.25, 0.3) is 10.8 Å². The number of ether oxygens (including phenoxy) is 1. The van der Waals surface area contributed by atoms with Gasteiger partial charge in [-0.05, 0) is 57.0 Å². The van der Waals surface area contributed by atoms with E-state index in [1.807, 2.05) is 19.2 Å². The Labute approximate surface area is 136 Å². The average Bonchev–Trinajstić information content (AvgIpc) is 2.94. The van der Waals surface area contributed by atoms with Crippen LogP contribution in [0.5, 0.6) is 5.75 Å². The van der Waals surface area contributed by atoms with Crippen LogP contribution in [0.2, 0.25) is 0 Å². The van der Waals surface area contributed by atoms with Gasteiger partial charge >= 0.3 is 0 Å². The van der Waals surface area contributed by atoms with Crippen molar-refractivity contribution in [3.8, 4) is 5.75 Å². The molecule has 0 aliphatic carbocycles. The molecule has 1 atom stereocenters. The Hall–Kier alpha value is -1.36. The van der Waals surface area contributed by atoms with Crippen molar-refractivity contribution < 1.29 is 4.74 Å². The zero-order chi connectivity index (χ0) is 14.8. The summed E-state index contributed by atoms with van der Waals surface area (Å²) in [5.74, 6) is 0.913. The van der Waals surface area contributed by atoms with Crippen LogP contribution in [0.15, 0.2) is 51.6 Å². The minimum absolute atomic E-state index is 0.170. The van der Waals surface area contributed by atoms with E-state index < -0.39 is 0 Å². The molecule has 21 heavy (non-hydrogen) atoms. The maximum Gasteiger partial charge on any atom is 0.126 e. The van der Waals surface area contributed by atoms with Crippen LogP contribution in [0.4, 0.5) is 0 Å². The van der Waals surface area contributed by atoms with Gasteiger partial charge in [-0.15, -0.1) is 11.3 Å². The Kier molecular flexibility index (Phi) is 4.29. The number of hydrogen-bond donors (Lipinski definition) is 1. The summed E-state index contributed by atoms with van der Waals surface area (Å²) in [7, 11) is 3.71. The van der Waals surface area contributed by atoms with Gasteiger partial charge in [0.25, 0.3) is 0 Å². The van der Waals surface area contributed by atoms with E-state index in [0.717, 1.165) is 14.9 Å². The van der Waals surface area contributed by atoms with E-state index in [9.17, 15) is 0 Å². The van der Waals surface area contributed by atoms with Gasteiger partial charge in [0.15, 0.2) is 0 Å². The molecule has 2 aromatic carbocycles. The van der Waals surface area contributed by atoms with Gasteiger partial charge in [0, 0.05) is 5.39 Å². The molecule has 1 aromatic heterocycles. The second-order valence-electron chi connectivity index (χ2n) is 4.81. The quantitative estimate of drug-likeness (QED) is 0.707. The fourth-order valence-electron chi connectivity index (χ4n) is 2.70. The number of rotatable bonds is 4. The highest BCUT2D eigenvalue weighted by Crippen LogP contribution is 2.35. The average molecular weight is 362 g/mol. The first-order chi connectivity index (χ1) is 10.2. The van der Waals surface area contributed by atoms with Crippen molar-refractivity contribution in [3.05, 3.63) is 62.8 Å². The first-order valence-electron chi connectivity index (χ1n) is 6.71. The summed E-state index contributed by atoms with van der Waals surface area (Å²) in [4.78, 5) is 0. The monoisotopic (exact) mass is 361 g/mol. The Morgan fingerprint density at radius 2 is 1.90 bits per heavy atom. The number of nitrogens with one attached hydrogen (secondary N) is 1. The molecule has 3 aromatic rings. The number of fused-ring (bicyclic) bond motifs is 1. The van der Waals surface area contributed by atoms with Crippen LogP contribution in [0.3, 0.4) is 0 Å². The molecule has 108 valence electrons. The highest BCUT2D eigenvalue weighted by Gasteiger charge is 2.17. The van der Waals surface area contributed by atoms with Gasteiger partial charge < -0.3 is 10.1 Å². The fraction of sp³-hybridized carbons (Fsp3) is 0.176. The Morgan fingerprint density at radius 3 is 2.52 bits per heavy atom. The first kappa shape index (κ1) is 14.6. The maximum absolute atomic E-state index is 5.48. The Balaban J connectivity index is 2.19. The van der Waals surface area contributed by atoms with Gasteiger partial charge in [-0.1, -0.05) is 30.3 Å². The summed E-state index contributed by atoms with van der Waals surface area (Å²) >= 11 is 5.25. The van der Waals surface area contributed by atoms with Crippen molar-refractivity contribution in [2.75, 3.05) is 14.2 Å². The third-order valence-electron chi connectivity index (χ3n) is 3.66. The number of halogens is 1. The molecule has 4 heteroatoms. The molecule has 0 amide bonds. The second kappa shape index (κ2) is 6.18. The maximum atomic E-state index is 5.48. The SMILES string of the molecule is CNC(c1csc(Br)c1)c1ccc(OC)c2ccccc12. The lowest BCUT2D eigenvalue weighted by Gasteiger charge is -2.19. The van der Waals surface area contributed by atoms with Gasteiger partial charge in [0.2, 0.25) is 0 Å². The zero-order valence-corrected chi connectivity index (χ0v) is 14.3. The summed E-state index contributed by atoms with van der Waals surface area (Å²) in [5, 5.41) is 7.97. The van der Waals surface area contributed by atoms with Gasteiger partial charge in [-0.2, -0.15) is 0 Å². The topological polar surface area (TPSA) is 21.3 Å². The zero-order valence-electron chi connectivity index (χ0n) is 11.9. The molecular formula is C17H16BrNOS. The van der Waals surface area contributed by atoms with E-state index in [2.05, 4.69) is 57.0 Å². The fourth-order valence-corrected chi connectivity index (χ4v) is 3.90. The van der Waals surface area contributed by atoms with Crippen LogP contribution >= 0.6 is 27.3 Å². The molecule has 0 aliphatic rings. The molecule has 0 bridgehead atoms. The number of benzene rings is 2. The Bertz CT molecular complexity index is 768. The summed E-state index contributed by atoms with van der Waals surface area (Å²) in [6.07, 6.45) is 0. The van der Waals surface area contributed by atoms with E-state index >= 15 is 0 Å². The molecule has 3 rings (SSSR count). The lowest BCUT2D eigenvalue weighted by molar-refractivity contribution is 0.419. The lowest BCUT2D eigenvalue weighted by Crippen LogP contribution is -2.17. The van der Waals surface area contributed by atoms with E-state index in [0.29, 0.717) is 0 Å². The third-order valence-corrected chi connectivity index (χ3v) is 5.18. The molecule has 0 saturated carbocycles. The van der Waals surface area contributed by atoms with Crippen molar-refractivity contribution in [1.29, 1.82) is 0 Å². The summed E-state index contributed by atoms with van der Waals surface area (Å²) in [6, 6.07) is 14.9. The minimum Gasteiger partial charge on any atom is -0.496 e. The molecule has 0 aliphatic heterocycles. The van der Waals surface area contributed by atoms with Crippen LogP contribution < -0.4 is 10.1 Å². The summed E-state index contributed by atoms with van der Waals surface area (Å²) in [5.41, 5.74) is 2.53. The number of methoxy groups -OCH3 is 1. The molecule has 0 fully saturated rings.